The molecule has 0 spiro atoms. The van der Waals surface area contributed by atoms with Crippen LogP contribution < -0.4 is 4.57 Å². The maximum Gasteiger partial charge on any atom is 0.216 e. The van der Waals surface area contributed by atoms with Crippen molar-refractivity contribution in [1.29, 1.82) is 5.26 Å². The molecule has 5 rings (SSSR count). The Morgan fingerprint density at radius 1 is 0.935 bits per heavy atom. The summed E-state index contributed by atoms with van der Waals surface area (Å²) < 4.78 is 49.8. The third-order valence-corrected chi connectivity index (χ3v) is 5.74. The lowest BCUT2D eigenvalue weighted by atomic mass is 9.94. The van der Waals surface area contributed by atoms with Gasteiger partial charge in [0.2, 0.25) is 5.69 Å². The third kappa shape index (κ3) is 2.92. The van der Waals surface area contributed by atoms with E-state index >= 15 is 0 Å². The van der Waals surface area contributed by atoms with Crippen LogP contribution in [0.1, 0.15) is 29.1 Å². The van der Waals surface area contributed by atoms with Gasteiger partial charge in [0.25, 0.3) is 0 Å². The van der Waals surface area contributed by atoms with Crippen molar-refractivity contribution in [3.8, 4) is 28.5 Å². The molecule has 0 N–H and O–H groups in total. The van der Waals surface area contributed by atoms with Crippen molar-refractivity contribution in [1.82, 2.24) is 0 Å². The number of aromatic nitrogens is 1. The zero-order chi connectivity index (χ0) is 26.0. The molecule has 0 atom stereocenters. The van der Waals surface area contributed by atoms with Gasteiger partial charge in [0.15, 0.2) is 6.20 Å². The molecule has 3 aromatic carbocycles. The summed E-state index contributed by atoms with van der Waals surface area (Å²) in [6.45, 7) is 5.99. The summed E-state index contributed by atoms with van der Waals surface area (Å²) in [7, 11) is 1.96. The number of aryl methyl sites for hydroxylation is 4. The van der Waals surface area contributed by atoms with E-state index in [-0.39, 0.29) is 17.6 Å². The predicted octanol–water partition coefficient (Wildman–Crippen LogP) is 6.54. The number of rotatable bonds is 2. The average Bonchev–Trinajstić information content (AvgIpc) is 3.25. The van der Waals surface area contributed by atoms with Gasteiger partial charge in [-0.3, -0.25) is 0 Å². The molecule has 0 fully saturated rings. The van der Waals surface area contributed by atoms with Crippen LogP contribution in [-0.4, -0.2) is 0 Å². The smallest absolute Gasteiger partial charge is 0.216 e. The summed E-state index contributed by atoms with van der Waals surface area (Å²) >= 11 is 0. The first-order chi connectivity index (χ1) is 17.1. The monoisotopic (exact) mass is 408 g/mol. The zero-order valence-corrected chi connectivity index (χ0v) is 17.8. The van der Waals surface area contributed by atoms with Crippen LogP contribution in [0.3, 0.4) is 0 Å². The fourth-order valence-electron chi connectivity index (χ4n) is 4.32. The molecule has 0 bridgehead atoms. The highest BCUT2D eigenvalue weighted by Gasteiger charge is 2.25. The highest BCUT2D eigenvalue weighted by Crippen LogP contribution is 2.43. The number of benzene rings is 3. The Kier molecular flexibility index (Phi) is 3.25. The van der Waals surface area contributed by atoms with Gasteiger partial charge in [0.05, 0.1) is 24.0 Å². The topological polar surface area (TPSA) is 40.8 Å². The van der Waals surface area contributed by atoms with E-state index in [1.54, 1.807) is 12.1 Å². The maximum atomic E-state index is 9.97. The highest BCUT2D eigenvalue weighted by molar-refractivity contribution is 6.16. The van der Waals surface area contributed by atoms with Crippen molar-refractivity contribution >= 4 is 21.9 Å². The summed E-state index contributed by atoms with van der Waals surface area (Å²) in [6, 6.07) is 9.71. The van der Waals surface area contributed by atoms with Crippen LogP contribution in [0.5, 0.6) is 0 Å². The van der Waals surface area contributed by atoms with Gasteiger partial charge >= 0.3 is 0 Å². The number of nitrogens with zero attached hydrogens (tertiary/aromatic N) is 2. The Bertz CT molecular complexity index is 1770. The zero-order valence-electron chi connectivity index (χ0n) is 22.8. The molecule has 0 radical (unpaired) electrons. The first kappa shape index (κ1) is 14.2. The van der Waals surface area contributed by atoms with Crippen LogP contribution in [0.4, 0.5) is 0 Å². The molecule has 0 aliphatic heterocycles. The molecule has 2 aromatic heterocycles. The Labute approximate surface area is 188 Å². The summed E-state index contributed by atoms with van der Waals surface area (Å²) in [6.07, 6.45) is 1.98. The van der Waals surface area contributed by atoms with Crippen molar-refractivity contribution in [3.05, 3.63) is 89.0 Å². The van der Waals surface area contributed by atoms with E-state index < -0.39 is 18.1 Å². The lowest BCUT2D eigenvalue weighted by Gasteiger charge is -2.08. The fourth-order valence-corrected chi connectivity index (χ4v) is 4.32. The molecule has 3 nitrogen and oxygen atoms in total. The molecule has 0 aliphatic rings. The van der Waals surface area contributed by atoms with Gasteiger partial charge < -0.3 is 4.42 Å². The van der Waals surface area contributed by atoms with Crippen molar-refractivity contribution < 1.29 is 15.8 Å². The van der Waals surface area contributed by atoms with E-state index in [0.29, 0.717) is 27.7 Å². The second kappa shape index (κ2) is 7.11. The molecule has 150 valence electrons. The minimum absolute atomic E-state index is 0.0478. The van der Waals surface area contributed by atoms with Gasteiger partial charge in [0.1, 0.15) is 18.2 Å². The normalized spacial score (nSPS) is 13.5. The number of hydrogen-bond acceptors (Lipinski definition) is 2. The number of fused-ring (bicyclic) bond motifs is 3. The van der Waals surface area contributed by atoms with Crippen LogP contribution in [-0.2, 0) is 7.05 Å². The lowest BCUT2D eigenvalue weighted by molar-refractivity contribution is -0.660. The summed E-state index contributed by atoms with van der Waals surface area (Å²) in [5.41, 5.74) is 6.57. The quantitative estimate of drug-likeness (QED) is 0.311. The second-order valence-electron chi connectivity index (χ2n) is 7.87. The van der Waals surface area contributed by atoms with E-state index in [0.717, 1.165) is 33.3 Å². The first-order valence-electron chi connectivity index (χ1n) is 12.5. The Morgan fingerprint density at radius 3 is 2.45 bits per heavy atom. The predicted molar refractivity (Wildman–Crippen MR) is 125 cm³/mol. The van der Waals surface area contributed by atoms with Crippen LogP contribution >= 0.6 is 0 Å². The summed E-state index contributed by atoms with van der Waals surface area (Å²) in [4.78, 5) is 0. The molecule has 5 aromatic rings. The Balaban J connectivity index is 2.01. The van der Waals surface area contributed by atoms with E-state index in [4.69, 9.17) is 11.3 Å². The minimum atomic E-state index is -0.455. The molecule has 0 saturated carbocycles. The summed E-state index contributed by atoms with van der Waals surface area (Å²) in [5.74, 6) is 0. The lowest BCUT2D eigenvalue weighted by Crippen LogP contribution is -2.30. The SMILES string of the molecule is [2H]c1c([2H])c([2H])c(-c2ccc(C#N)c3c2oc2c(-c4cc(C)cc[n+]4C)c(C)cc(C)c23)c([2H])c1[2H]. The van der Waals surface area contributed by atoms with Crippen molar-refractivity contribution in [2.45, 2.75) is 20.8 Å². The number of nitriles is 1. The van der Waals surface area contributed by atoms with E-state index in [1.807, 2.05) is 44.6 Å². The minimum Gasteiger partial charge on any atom is -0.454 e. The van der Waals surface area contributed by atoms with Crippen LogP contribution in [0.15, 0.2) is 71.2 Å². The fraction of sp³-hybridized carbons (Fsp3) is 0.143. The van der Waals surface area contributed by atoms with Crippen LogP contribution in [0, 0.1) is 32.1 Å². The van der Waals surface area contributed by atoms with Gasteiger partial charge in [0, 0.05) is 28.5 Å². The van der Waals surface area contributed by atoms with Crippen molar-refractivity contribution in [3.63, 3.8) is 0 Å². The summed E-state index contributed by atoms with van der Waals surface area (Å²) in [5, 5.41) is 11.3. The molecule has 0 saturated heterocycles. The van der Waals surface area contributed by atoms with Crippen molar-refractivity contribution in [2.24, 2.45) is 7.05 Å². The van der Waals surface area contributed by atoms with Gasteiger partial charge in [-0.2, -0.15) is 5.26 Å². The van der Waals surface area contributed by atoms with Gasteiger partial charge in [-0.1, -0.05) is 36.3 Å². The molecule has 0 unspecified atom stereocenters. The molecular weight excluding hydrogens is 380 g/mol. The van der Waals surface area contributed by atoms with Gasteiger partial charge in [-0.15, -0.1) is 0 Å². The van der Waals surface area contributed by atoms with E-state index in [1.165, 1.54) is 0 Å². The van der Waals surface area contributed by atoms with Gasteiger partial charge in [-0.25, -0.2) is 4.57 Å². The number of hydrogen-bond donors (Lipinski definition) is 0. The third-order valence-electron chi connectivity index (χ3n) is 5.74. The first-order valence-corrected chi connectivity index (χ1v) is 10.00. The molecular formula is C28H23N2O+. The number of pyridine rings is 1. The molecule has 31 heavy (non-hydrogen) atoms. The maximum absolute atomic E-state index is 9.97. The van der Waals surface area contributed by atoms with E-state index in [9.17, 15) is 5.26 Å². The average molecular weight is 409 g/mol. The molecule has 0 aliphatic carbocycles. The van der Waals surface area contributed by atoms with Crippen LogP contribution in [0.2, 0.25) is 0 Å². The molecule has 3 heteroatoms. The van der Waals surface area contributed by atoms with Gasteiger partial charge in [-0.05, 0) is 55.2 Å². The van der Waals surface area contributed by atoms with Crippen LogP contribution in [0.25, 0.3) is 44.3 Å². The molecule has 0 amide bonds. The Hall–Kier alpha value is -3.90. The largest absolute Gasteiger partial charge is 0.454 e. The standard InChI is InChI=1S/C28H23N2O/c1-17-12-13-30(4)23(14-17)24-18(2)15-19(3)25-26-21(16-29)10-11-22(27(26)31-28(24)25)20-8-6-5-7-9-20/h5-15H,1-4H3/q+1/i5D,6D,7D,8D,9D. The van der Waals surface area contributed by atoms with E-state index in [2.05, 4.69) is 18.2 Å². The molecule has 2 heterocycles. The highest BCUT2D eigenvalue weighted by atomic mass is 16.3. The second-order valence-corrected chi connectivity index (χ2v) is 7.87. The van der Waals surface area contributed by atoms with Crippen molar-refractivity contribution in [2.75, 3.05) is 0 Å². The number of furan rings is 1. The Morgan fingerprint density at radius 2 is 1.71 bits per heavy atom.